The van der Waals surface area contributed by atoms with Crippen molar-refractivity contribution in [2.24, 2.45) is 0 Å². The molecule has 6 heteroatoms. The third kappa shape index (κ3) is 3.68. The maximum Gasteiger partial charge on any atom is 0.267 e. The molecule has 0 aromatic heterocycles. The van der Waals surface area contributed by atoms with Crippen molar-refractivity contribution < 1.29 is 14.3 Å². The Kier molecular flexibility index (Phi) is 5.34. The highest BCUT2D eigenvalue weighted by molar-refractivity contribution is 6.00. The molecule has 0 fully saturated rings. The van der Waals surface area contributed by atoms with E-state index in [0.29, 0.717) is 30.3 Å². The quantitative estimate of drug-likeness (QED) is 0.873. The van der Waals surface area contributed by atoms with Crippen LogP contribution in [0, 0.1) is 0 Å². The zero-order valence-corrected chi connectivity index (χ0v) is 13.6. The number of benzene rings is 2. The Morgan fingerprint density at radius 2 is 1.96 bits per heavy atom. The molecule has 23 heavy (non-hydrogen) atoms. The minimum atomic E-state index is -0.507. The second kappa shape index (κ2) is 7.24. The average molecular weight is 335 g/mol. The minimum Gasteiger partial charge on any atom is -0.492 e. The summed E-state index contributed by atoms with van der Waals surface area (Å²) in [5.41, 5.74) is 7.11. The molecule has 1 atom stereocenters. The van der Waals surface area contributed by atoms with Gasteiger partial charge in [-0.25, -0.2) is 0 Å². The maximum atomic E-state index is 12.3. The molecule has 5 nitrogen and oxygen atoms in total. The van der Waals surface area contributed by atoms with E-state index in [9.17, 15) is 4.79 Å². The van der Waals surface area contributed by atoms with Crippen LogP contribution >= 0.6 is 12.4 Å². The molecule has 1 heterocycles. The van der Waals surface area contributed by atoms with Gasteiger partial charge in [0.2, 0.25) is 0 Å². The van der Waals surface area contributed by atoms with Gasteiger partial charge in [-0.3, -0.25) is 4.79 Å². The third-order valence-corrected chi connectivity index (χ3v) is 3.52. The van der Waals surface area contributed by atoms with Crippen molar-refractivity contribution in [1.29, 1.82) is 0 Å². The number of nitrogens with two attached hydrogens (primary N) is 1. The van der Waals surface area contributed by atoms with E-state index in [0.717, 1.165) is 5.75 Å². The molecule has 122 valence electrons. The lowest BCUT2D eigenvalue weighted by Crippen LogP contribution is -2.46. The van der Waals surface area contributed by atoms with Crippen LogP contribution in [0.4, 0.5) is 11.4 Å². The van der Waals surface area contributed by atoms with E-state index in [-0.39, 0.29) is 18.3 Å². The number of hydrogen-bond donors (Lipinski definition) is 1. The van der Waals surface area contributed by atoms with E-state index in [1.54, 1.807) is 30.0 Å². The predicted molar refractivity (Wildman–Crippen MR) is 92.5 cm³/mol. The molecular weight excluding hydrogens is 316 g/mol. The normalized spacial score (nSPS) is 16.1. The summed E-state index contributed by atoms with van der Waals surface area (Å²) in [5, 5.41) is 0. The Labute approximate surface area is 141 Å². The van der Waals surface area contributed by atoms with E-state index in [1.807, 2.05) is 30.3 Å². The molecule has 0 bridgehead atoms. The second-order valence-corrected chi connectivity index (χ2v) is 5.14. The van der Waals surface area contributed by atoms with Crippen LogP contribution in [-0.2, 0) is 4.79 Å². The number of ether oxygens (including phenoxy) is 2. The summed E-state index contributed by atoms with van der Waals surface area (Å²) >= 11 is 0. The van der Waals surface area contributed by atoms with Gasteiger partial charge in [-0.15, -0.1) is 12.4 Å². The molecule has 0 saturated heterocycles. The number of hydrogen-bond acceptors (Lipinski definition) is 4. The van der Waals surface area contributed by atoms with E-state index in [2.05, 4.69) is 0 Å². The number of halogens is 1. The number of fused-ring (bicyclic) bond motifs is 1. The molecule has 2 aromatic rings. The molecule has 3 rings (SSSR count). The van der Waals surface area contributed by atoms with Crippen LogP contribution in [0.25, 0.3) is 0 Å². The van der Waals surface area contributed by atoms with Gasteiger partial charge in [0.05, 0.1) is 12.2 Å². The fourth-order valence-electron chi connectivity index (χ4n) is 2.43. The first-order valence-corrected chi connectivity index (χ1v) is 7.20. The highest BCUT2D eigenvalue weighted by Gasteiger charge is 2.31. The summed E-state index contributed by atoms with van der Waals surface area (Å²) < 4.78 is 11.3. The van der Waals surface area contributed by atoms with Gasteiger partial charge in [0.15, 0.2) is 6.10 Å². The van der Waals surface area contributed by atoms with Gasteiger partial charge in [-0.1, -0.05) is 18.2 Å². The number of amides is 1. The summed E-state index contributed by atoms with van der Waals surface area (Å²) in [4.78, 5) is 14.0. The van der Waals surface area contributed by atoms with Gasteiger partial charge >= 0.3 is 0 Å². The van der Waals surface area contributed by atoms with Crippen molar-refractivity contribution in [3.8, 4) is 11.5 Å². The molecule has 1 aliphatic heterocycles. The first kappa shape index (κ1) is 17.0. The fourth-order valence-corrected chi connectivity index (χ4v) is 2.43. The van der Waals surface area contributed by atoms with E-state index in [4.69, 9.17) is 15.2 Å². The van der Waals surface area contributed by atoms with Gasteiger partial charge in [0.25, 0.3) is 5.91 Å². The predicted octanol–water partition coefficient (Wildman–Crippen LogP) is 2.88. The zero-order chi connectivity index (χ0) is 15.5. The van der Waals surface area contributed by atoms with Crippen molar-refractivity contribution in [1.82, 2.24) is 0 Å². The van der Waals surface area contributed by atoms with Gasteiger partial charge < -0.3 is 20.1 Å². The molecular formula is C17H19ClN2O3. The number of nitrogen functional groups attached to an aromatic ring is 1. The monoisotopic (exact) mass is 334 g/mol. The molecule has 2 aromatic carbocycles. The van der Waals surface area contributed by atoms with Gasteiger partial charge in [-0.2, -0.15) is 0 Å². The average Bonchev–Trinajstić information content (AvgIpc) is 2.53. The summed E-state index contributed by atoms with van der Waals surface area (Å²) in [5.74, 6) is 1.36. The van der Waals surface area contributed by atoms with Crippen LogP contribution < -0.4 is 20.1 Å². The summed E-state index contributed by atoms with van der Waals surface area (Å²) in [7, 11) is 0. The van der Waals surface area contributed by atoms with Crippen LogP contribution in [-0.4, -0.2) is 25.2 Å². The molecule has 1 unspecified atom stereocenters. The van der Waals surface area contributed by atoms with Crippen LogP contribution in [0.15, 0.2) is 48.5 Å². The van der Waals surface area contributed by atoms with Crippen LogP contribution in [0.3, 0.4) is 0 Å². The standard InChI is InChI=1S/C17H18N2O3.ClH/c1-12-17(20)19(9-10-21-14-5-3-2-4-6-14)15-11-13(18)7-8-16(15)22-12;/h2-8,11-12H,9-10,18H2,1H3;1H. The number of para-hydroxylation sites is 1. The second-order valence-electron chi connectivity index (χ2n) is 5.14. The topological polar surface area (TPSA) is 64.8 Å². The Bertz CT molecular complexity index is 679. The molecule has 0 spiro atoms. The van der Waals surface area contributed by atoms with E-state index >= 15 is 0 Å². The lowest BCUT2D eigenvalue weighted by molar-refractivity contribution is -0.125. The molecule has 0 saturated carbocycles. The number of carbonyl (C=O) groups is 1. The Morgan fingerprint density at radius 1 is 1.22 bits per heavy atom. The first-order chi connectivity index (χ1) is 10.6. The lowest BCUT2D eigenvalue weighted by atomic mass is 10.1. The zero-order valence-electron chi connectivity index (χ0n) is 12.8. The lowest BCUT2D eigenvalue weighted by Gasteiger charge is -2.33. The highest BCUT2D eigenvalue weighted by atomic mass is 35.5. The van der Waals surface area contributed by atoms with Gasteiger partial charge in [0.1, 0.15) is 18.1 Å². The fraction of sp³-hybridized carbons (Fsp3) is 0.235. The summed E-state index contributed by atoms with van der Waals surface area (Å²) in [6.07, 6.45) is -0.507. The molecule has 1 amide bonds. The van der Waals surface area contributed by atoms with Crippen molar-refractivity contribution in [3.05, 3.63) is 48.5 Å². The molecule has 0 radical (unpaired) electrons. The van der Waals surface area contributed by atoms with Crippen molar-refractivity contribution in [3.63, 3.8) is 0 Å². The Hall–Kier alpha value is -2.40. The van der Waals surface area contributed by atoms with Gasteiger partial charge in [-0.05, 0) is 37.3 Å². The number of nitrogens with zero attached hydrogens (tertiary/aromatic N) is 1. The van der Waals surface area contributed by atoms with Crippen LogP contribution in [0.1, 0.15) is 6.92 Å². The van der Waals surface area contributed by atoms with E-state index in [1.165, 1.54) is 0 Å². The largest absolute Gasteiger partial charge is 0.492 e. The molecule has 1 aliphatic rings. The number of carbonyl (C=O) groups excluding carboxylic acids is 1. The van der Waals surface area contributed by atoms with Crippen molar-refractivity contribution in [2.75, 3.05) is 23.8 Å². The molecule has 2 N–H and O–H groups in total. The van der Waals surface area contributed by atoms with Gasteiger partial charge in [0, 0.05) is 5.69 Å². The summed E-state index contributed by atoms with van der Waals surface area (Å²) in [6, 6.07) is 14.8. The Balaban J connectivity index is 0.00000192. The maximum absolute atomic E-state index is 12.3. The number of anilines is 2. The minimum absolute atomic E-state index is 0. The van der Waals surface area contributed by atoms with Crippen molar-refractivity contribution >= 4 is 29.7 Å². The smallest absolute Gasteiger partial charge is 0.267 e. The van der Waals surface area contributed by atoms with Crippen molar-refractivity contribution in [2.45, 2.75) is 13.0 Å². The highest BCUT2D eigenvalue weighted by Crippen LogP contribution is 2.35. The first-order valence-electron chi connectivity index (χ1n) is 7.20. The Morgan fingerprint density at radius 3 is 2.70 bits per heavy atom. The summed E-state index contributed by atoms with van der Waals surface area (Å²) in [6.45, 7) is 2.58. The third-order valence-electron chi connectivity index (χ3n) is 3.52. The van der Waals surface area contributed by atoms with E-state index < -0.39 is 6.10 Å². The van der Waals surface area contributed by atoms with Crippen LogP contribution in [0.5, 0.6) is 11.5 Å². The number of rotatable bonds is 4. The molecule has 0 aliphatic carbocycles. The SMILES string of the molecule is CC1Oc2ccc(N)cc2N(CCOc2ccccc2)C1=O.Cl. The van der Waals surface area contributed by atoms with Crippen LogP contribution in [0.2, 0.25) is 0 Å².